The lowest BCUT2D eigenvalue weighted by Gasteiger charge is -2.09. The molecule has 144 valence electrons. The van der Waals surface area contributed by atoms with Gasteiger partial charge in [-0.25, -0.2) is 4.79 Å². The van der Waals surface area contributed by atoms with Gasteiger partial charge in [-0.2, -0.15) is 0 Å². The van der Waals surface area contributed by atoms with Crippen molar-refractivity contribution in [1.82, 2.24) is 0 Å². The molecule has 0 aliphatic heterocycles. The molecule has 3 heteroatoms. The molecule has 0 heterocycles. The van der Waals surface area contributed by atoms with Crippen LogP contribution in [0.2, 0.25) is 0 Å². The van der Waals surface area contributed by atoms with Crippen molar-refractivity contribution in [3.05, 3.63) is 107 Å². The molecule has 1 aliphatic rings. The van der Waals surface area contributed by atoms with Crippen LogP contribution in [0.1, 0.15) is 22.3 Å². The molecule has 0 aromatic heterocycles. The van der Waals surface area contributed by atoms with Crippen molar-refractivity contribution < 1.29 is 14.3 Å². The van der Waals surface area contributed by atoms with Crippen LogP contribution in [-0.4, -0.2) is 19.7 Å². The van der Waals surface area contributed by atoms with Crippen LogP contribution in [0.5, 0.6) is 5.75 Å². The molecule has 0 atom stereocenters. The SMILES string of the molecule is COc1ccc2c(c1)C(C(=O)OCCc1ccccc1)=C/C2=C\c1ccccc1. The minimum absolute atomic E-state index is 0.313. The first kappa shape index (κ1) is 18.8. The highest BCUT2D eigenvalue weighted by molar-refractivity contribution is 6.24. The molecule has 0 radical (unpaired) electrons. The molecule has 3 nitrogen and oxygen atoms in total. The van der Waals surface area contributed by atoms with Gasteiger partial charge >= 0.3 is 5.97 Å². The minimum Gasteiger partial charge on any atom is -0.497 e. The molecule has 0 spiro atoms. The lowest BCUT2D eigenvalue weighted by atomic mass is 10.0. The summed E-state index contributed by atoms with van der Waals surface area (Å²) in [7, 11) is 1.62. The molecule has 29 heavy (non-hydrogen) atoms. The summed E-state index contributed by atoms with van der Waals surface area (Å²) in [4.78, 5) is 12.8. The van der Waals surface area contributed by atoms with Crippen molar-refractivity contribution in [3.8, 4) is 5.75 Å². The highest BCUT2D eigenvalue weighted by Crippen LogP contribution is 2.39. The maximum Gasteiger partial charge on any atom is 0.338 e. The Kier molecular flexibility index (Phi) is 5.57. The predicted octanol–water partition coefficient (Wildman–Crippen LogP) is 5.42. The maximum atomic E-state index is 12.8. The molecule has 0 bridgehead atoms. The zero-order chi connectivity index (χ0) is 20.1. The topological polar surface area (TPSA) is 35.5 Å². The van der Waals surface area contributed by atoms with E-state index in [1.165, 1.54) is 0 Å². The Hall–Kier alpha value is -3.59. The number of rotatable bonds is 6. The Balaban J connectivity index is 1.58. The van der Waals surface area contributed by atoms with E-state index in [0.717, 1.165) is 27.8 Å². The van der Waals surface area contributed by atoms with E-state index < -0.39 is 0 Å². The number of allylic oxidation sites excluding steroid dienone is 2. The third-order valence-electron chi connectivity index (χ3n) is 4.94. The normalized spacial score (nSPS) is 13.7. The van der Waals surface area contributed by atoms with E-state index in [1.807, 2.05) is 84.9 Å². The fraction of sp³-hybridized carbons (Fsp3) is 0.115. The molecule has 3 aromatic carbocycles. The smallest absolute Gasteiger partial charge is 0.338 e. The van der Waals surface area contributed by atoms with Crippen LogP contribution in [0, 0.1) is 0 Å². The molecule has 0 fully saturated rings. The number of carbonyl (C=O) groups is 1. The Morgan fingerprint density at radius 2 is 1.62 bits per heavy atom. The second-order valence-electron chi connectivity index (χ2n) is 6.85. The summed E-state index contributed by atoms with van der Waals surface area (Å²) in [5, 5.41) is 0. The fourth-order valence-electron chi connectivity index (χ4n) is 3.44. The number of hydrogen-bond acceptors (Lipinski definition) is 3. The van der Waals surface area contributed by atoms with Gasteiger partial charge in [0.05, 0.1) is 19.3 Å². The monoisotopic (exact) mass is 382 g/mol. The lowest BCUT2D eigenvalue weighted by Crippen LogP contribution is -2.09. The van der Waals surface area contributed by atoms with Gasteiger partial charge in [0, 0.05) is 12.0 Å². The average molecular weight is 382 g/mol. The summed E-state index contributed by atoms with van der Waals surface area (Å²) >= 11 is 0. The Bertz CT molecular complexity index is 1060. The van der Waals surface area contributed by atoms with Crippen LogP contribution in [0.15, 0.2) is 84.9 Å². The van der Waals surface area contributed by atoms with Gasteiger partial charge in [-0.3, -0.25) is 0 Å². The number of ether oxygens (including phenoxy) is 2. The lowest BCUT2D eigenvalue weighted by molar-refractivity contribution is -0.136. The van der Waals surface area contributed by atoms with Gasteiger partial charge < -0.3 is 9.47 Å². The van der Waals surface area contributed by atoms with Crippen LogP contribution >= 0.6 is 0 Å². The van der Waals surface area contributed by atoms with Crippen molar-refractivity contribution >= 4 is 23.2 Å². The Labute approximate surface area is 170 Å². The molecule has 4 rings (SSSR count). The van der Waals surface area contributed by atoms with Crippen molar-refractivity contribution in [3.63, 3.8) is 0 Å². The second-order valence-corrected chi connectivity index (χ2v) is 6.85. The Morgan fingerprint density at radius 1 is 0.897 bits per heavy atom. The predicted molar refractivity (Wildman–Crippen MR) is 116 cm³/mol. The molecule has 1 aliphatic carbocycles. The third-order valence-corrected chi connectivity index (χ3v) is 4.94. The van der Waals surface area contributed by atoms with E-state index in [1.54, 1.807) is 7.11 Å². The number of benzene rings is 3. The molecule has 0 saturated carbocycles. The molecular formula is C26H22O3. The van der Waals surface area contributed by atoms with Crippen molar-refractivity contribution in [1.29, 1.82) is 0 Å². The fourth-order valence-corrected chi connectivity index (χ4v) is 3.44. The van der Waals surface area contributed by atoms with Crippen LogP contribution in [-0.2, 0) is 16.0 Å². The van der Waals surface area contributed by atoms with Crippen molar-refractivity contribution in [2.24, 2.45) is 0 Å². The van der Waals surface area contributed by atoms with Gasteiger partial charge in [0.25, 0.3) is 0 Å². The average Bonchev–Trinajstić information content (AvgIpc) is 3.12. The zero-order valence-electron chi connectivity index (χ0n) is 16.3. The van der Waals surface area contributed by atoms with E-state index in [-0.39, 0.29) is 5.97 Å². The van der Waals surface area contributed by atoms with Crippen LogP contribution in [0.25, 0.3) is 17.2 Å². The van der Waals surface area contributed by atoms with Crippen LogP contribution < -0.4 is 4.74 Å². The van der Waals surface area contributed by atoms with Crippen LogP contribution in [0.3, 0.4) is 0 Å². The molecular weight excluding hydrogens is 360 g/mol. The summed E-state index contributed by atoms with van der Waals surface area (Å²) < 4.78 is 10.9. The first-order chi connectivity index (χ1) is 14.2. The number of fused-ring (bicyclic) bond motifs is 1. The summed E-state index contributed by atoms with van der Waals surface area (Å²) in [6.07, 6.45) is 4.68. The summed E-state index contributed by atoms with van der Waals surface area (Å²) in [6.45, 7) is 0.344. The summed E-state index contributed by atoms with van der Waals surface area (Å²) in [6, 6.07) is 25.9. The van der Waals surface area contributed by atoms with Gasteiger partial charge in [-0.1, -0.05) is 66.7 Å². The van der Waals surface area contributed by atoms with Crippen molar-refractivity contribution in [2.75, 3.05) is 13.7 Å². The highest BCUT2D eigenvalue weighted by Gasteiger charge is 2.25. The van der Waals surface area contributed by atoms with Gasteiger partial charge in [-0.15, -0.1) is 0 Å². The Morgan fingerprint density at radius 3 is 2.34 bits per heavy atom. The second kappa shape index (κ2) is 8.61. The minimum atomic E-state index is -0.313. The van der Waals surface area contributed by atoms with E-state index in [9.17, 15) is 4.79 Å². The summed E-state index contributed by atoms with van der Waals surface area (Å²) in [5.74, 6) is 0.402. The largest absolute Gasteiger partial charge is 0.497 e. The number of esters is 1. The van der Waals surface area contributed by atoms with Gasteiger partial charge in [-0.05, 0) is 46.5 Å². The van der Waals surface area contributed by atoms with E-state index in [2.05, 4.69) is 6.08 Å². The summed E-state index contributed by atoms with van der Waals surface area (Å²) in [5.41, 5.74) is 5.63. The van der Waals surface area contributed by atoms with E-state index in [0.29, 0.717) is 24.4 Å². The molecule has 0 unspecified atom stereocenters. The van der Waals surface area contributed by atoms with E-state index >= 15 is 0 Å². The zero-order valence-corrected chi connectivity index (χ0v) is 16.3. The highest BCUT2D eigenvalue weighted by atomic mass is 16.5. The van der Waals surface area contributed by atoms with Crippen LogP contribution in [0.4, 0.5) is 0 Å². The standard InChI is InChI=1S/C26H22O3/c1-28-22-12-13-23-21(16-20-10-6-3-7-11-20)17-25(24(23)18-22)26(27)29-15-14-19-8-4-2-5-9-19/h2-13,16-18H,14-15H2,1H3/b21-16+. The van der Waals surface area contributed by atoms with E-state index in [4.69, 9.17) is 9.47 Å². The molecule has 3 aromatic rings. The van der Waals surface area contributed by atoms with Gasteiger partial charge in [0.1, 0.15) is 5.75 Å². The number of carbonyl (C=O) groups excluding carboxylic acids is 1. The third kappa shape index (κ3) is 4.30. The van der Waals surface area contributed by atoms with Gasteiger partial charge in [0.15, 0.2) is 0 Å². The maximum absolute atomic E-state index is 12.8. The quantitative estimate of drug-likeness (QED) is 0.534. The van der Waals surface area contributed by atoms with Crippen molar-refractivity contribution in [2.45, 2.75) is 6.42 Å². The van der Waals surface area contributed by atoms with Gasteiger partial charge in [0.2, 0.25) is 0 Å². The molecule has 0 N–H and O–H groups in total. The number of hydrogen-bond donors (Lipinski definition) is 0. The molecule has 0 saturated heterocycles. The number of methoxy groups -OCH3 is 1. The first-order valence-electron chi connectivity index (χ1n) is 9.63. The molecule has 0 amide bonds. The first-order valence-corrected chi connectivity index (χ1v) is 9.63.